The van der Waals surface area contributed by atoms with E-state index in [1.54, 1.807) is 0 Å². The van der Waals surface area contributed by atoms with Crippen LogP contribution in [0, 0.1) is 0 Å². The second-order valence-electron chi connectivity index (χ2n) is 6.43. The number of hydrogen-bond acceptors (Lipinski definition) is 2. The summed E-state index contributed by atoms with van der Waals surface area (Å²) in [6.07, 6.45) is 10.5. The minimum atomic E-state index is -2.09. The fraction of sp³-hybridized carbons (Fsp3) is 0.895. The molecule has 0 bridgehead atoms. The molecule has 2 nitrogen and oxygen atoms in total. The van der Waals surface area contributed by atoms with Gasteiger partial charge >= 0.3 is 144 Å². The van der Waals surface area contributed by atoms with E-state index in [-0.39, 0.29) is 6.29 Å². The first kappa shape index (κ1) is 22.5. The van der Waals surface area contributed by atoms with Gasteiger partial charge in [0.1, 0.15) is 0 Å². The summed E-state index contributed by atoms with van der Waals surface area (Å²) in [4.78, 5) is 0. The molecule has 1 atom stereocenters. The van der Waals surface area contributed by atoms with Crippen LogP contribution in [0.15, 0.2) is 10.2 Å². The third-order valence-corrected chi connectivity index (χ3v) is 18.6. The van der Waals surface area contributed by atoms with Crippen LogP contribution in [0.4, 0.5) is 0 Å². The van der Waals surface area contributed by atoms with Gasteiger partial charge in [0.2, 0.25) is 0 Å². The monoisotopic (exact) mass is 420 g/mol. The van der Waals surface area contributed by atoms with Crippen LogP contribution in [0.2, 0.25) is 13.3 Å². The predicted molar refractivity (Wildman–Crippen MR) is 101 cm³/mol. The van der Waals surface area contributed by atoms with Gasteiger partial charge in [-0.15, -0.1) is 0 Å². The Bertz CT molecular complexity index is 244. The van der Waals surface area contributed by atoms with Crippen LogP contribution in [0.25, 0.3) is 0 Å². The predicted octanol–water partition coefficient (Wildman–Crippen LogP) is 6.33. The molecule has 0 aromatic rings. The third-order valence-electron chi connectivity index (χ3n) is 4.38. The Labute approximate surface area is 143 Å². The van der Waals surface area contributed by atoms with Crippen molar-refractivity contribution in [3.63, 3.8) is 0 Å². The van der Waals surface area contributed by atoms with Gasteiger partial charge in [-0.25, -0.2) is 0 Å². The molecule has 0 aliphatic carbocycles. The molecule has 0 N–H and O–H groups in total. The maximum atomic E-state index is 5.72. The number of hydrogen-bond donors (Lipinski definition) is 0. The maximum absolute atomic E-state index is 5.72. The topological polar surface area (TPSA) is 18.5 Å². The Morgan fingerprint density at radius 2 is 1.32 bits per heavy atom. The second kappa shape index (κ2) is 15.0. The Morgan fingerprint density at radius 1 is 0.818 bits per heavy atom. The molecule has 0 rings (SSSR count). The molecule has 0 spiro atoms. The fourth-order valence-electron chi connectivity index (χ4n) is 2.98. The second-order valence-corrected chi connectivity index (χ2v) is 19.4. The zero-order chi connectivity index (χ0) is 16.7. The first-order valence-electron chi connectivity index (χ1n) is 9.55. The summed E-state index contributed by atoms with van der Waals surface area (Å²) in [7, 11) is 0. The Morgan fingerprint density at radius 3 is 1.73 bits per heavy atom. The Hall–Kier alpha value is 0.459. The SMILES string of the molecule is CCC[CH2][Sn](/[CH]=C\COC(C)OCC)([CH2]CCC)[CH2]CCC. The van der Waals surface area contributed by atoms with E-state index in [0.717, 1.165) is 6.61 Å². The summed E-state index contributed by atoms with van der Waals surface area (Å²) in [6, 6.07) is 0. The summed E-state index contributed by atoms with van der Waals surface area (Å²) in [6.45, 7) is 12.4. The molecule has 22 heavy (non-hydrogen) atoms. The molecule has 0 fully saturated rings. The van der Waals surface area contributed by atoms with E-state index >= 15 is 0 Å². The standard InChI is InChI=1S/C7H13O2.3C4H9.Sn/c1-4-6-9-7(3)8-5-2;3*1-3-4-2;/h1,4,7H,5-6H2,2-3H3;3*1,3-4H2,2H3;. The molecular formula is C19H40O2Sn. The molecule has 0 aromatic carbocycles. The van der Waals surface area contributed by atoms with Gasteiger partial charge in [-0.1, -0.05) is 0 Å². The van der Waals surface area contributed by atoms with Crippen LogP contribution in [0.5, 0.6) is 0 Å². The molecule has 0 aromatic heterocycles. The van der Waals surface area contributed by atoms with Crippen molar-refractivity contribution < 1.29 is 9.47 Å². The van der Waals surface area contributed by atoms with E-state index in [2.05, 4.69) is 30.9 Å². The first-order chi connectivity index (χ1) is 10.6. The summed E-state index contributed by atoms with van der Waals surface area (Å²) in [5, 5.41) is 0. The van der Waals surface area contributed by atoms with Crippen LogP contribution in [-0.4, -0.2) is 37.9 Å². The quantitative estimate of drug-likeness (QED) is 0.228. The minimum absolute atomic E-state index is 0.0822. The Balaban J connectivity index is 4.62. The molecule has 0 saturated heterocycles. The van der Waals surface area contributed by atoms with Crippen LogP contribution < -0.4 is 0 Å². The fourth-order valence-corrected chi connectivity index (χ4v) is 17.3. The van der Waals surface area contributed by atoms with Gasteiger partial charge in [-0.05, 0) is 0 Å². The van der Waals surface area contributed by atoms with Crippen molar-refractivity contribution in [2.45, 2.75) is 92.7 Å². The van der Waals surface area contributed by atoms with Gasteiger partial charge < -0.3 is 0 Å². The van der Waals surface area contributed by atoms with Crippen molar-refractivity contribution >= 4 is 18.4 Å². The van der Waals surface area contributed by atoms with E-state index in [9.17, 15) is 0 Å². The van der Waals surface area contributed by atoms with E-state index < -0.39 is 18.4 Å². The summed E-state index contributed by atoms with van der Waals surface area (Å²) >= 11 is -2.09. The molecule has 1 unspecified atom stereocenters. The number of ether oxygens (including phenoxy) is 2. The molecule has 132 valence electrons. The van der Waals surface area contributed by atoms with Gasteiger partial charge in [-0.3, -0.25) is 0 Å². The van der Waals surface area contributed by atoms with Crippen LogP contribution >= 0.6 is 0 Å². The van der Waals surface area contributed by atoms with Gasteiger partial charge in [0.25, 0.3) is 0 Å². The van der Waals surface area contributed by atoms with Crippen molar-refractivity contribution in [3.05, 3.63) is 10.2 Å². The van der Waals surface area contributed by atoms with E-state index in [0.29, 0.717) is 6.61 Å². The summed E-state index contributed by atoms with van der Waals surface area (Å²) in [5.74, 6) is 0. The average Bonchev–Trinajstić information content (AvgIpc) is 2.52. The van der Waals surface area contributed by atoms with E-state index in [1.165, 1.54) is 51.8 Å². The van der Waals surface area contributed by atoms with Gasteiger partial charge in [-0.2, -0.15) is 0 Å². The van der Waals surface area contributed by atoms with Crippen LogP contribution in [-0.2, 0) is 9.47 Å². The number of rotatable bonds is 15. The van der Waals surface area contributed by atoms with Crippen molar-refractivity contribution in [1.29, 1.82) is 0 Å². The van der Waals surface area contributed by atoms with E-state index in [4.69, 9.17) is 9.47 Å². The van der Waals surface area contributed by atoms with Crippen molar-refractivity contribution in [2.75, 3.05) is 13.2 Å². The molecular weight excluding hydrogens is 379 g/mol. The number of unbranched alkanes of at least 4 members (excludes halogenated alkanes) is 3. The first-order valence-corrected chi connectivity index (χ1v) is 17.2. The van der Waals surface area contributed by atoms with Gasteiger partial charge in [0, 0.05) is 0 Å². The van der Waals surface area contributed by atoms with Crippen molar-refractivity contribution in [3.8, 4) is 0 Å². The Kier molecular flexibility index (Phi) is 15.3. The molecule has 0 aliphatic heterocycles. The molecule has 0 radical (unpaired) electrons. The van der Waals surface area contributed by atoms with Crippen molar-refractivity contribution in [1.82, 2.24) is 0 Å². The third kappa shape index (κ3) is 11.1. The summed E-state index contributed by atoms with van der Waals surface area (Å²) < 4.78 is 18.4. The molecule has 0 heterocycles. The van der Waals surface area contributed by atoms with Gasteiger partial charge in [0.15, 0.2) is 0 Å². The normalized spacial score (nSPS) is 13.9. The van der Waals surface area contributed by atoms with Crippen LogP contribution in [0.1, 0.15) is 73.1 Å². The van der Waals surface area contributed by atoms with Gasteiger partial charge in [0.05, 0.1) is 0 Å². The molecule has 0 amide bonds. The zero-order valence-corrected chi connectivity index (χ0v) is 18.7. The summed E-state index contributed by atoms with van der Waals surface area (Å²) in [5.41, 5.74) is 0. The zero-order valence-electron chi connectivity index (χ0n) is 15.8. The molecule has 0 aliphatic rings. The van der Waals surface area contributed by atoms with Crippen molar-refractivity contribution in [2.24, 2.45) is 0 Å². The molecule has 0 saturated carbocycles. The van der Waals surface area contributed by atoms with Crippen LogP contribution in [0.3, 0.4) is 0 Å². The average molecular weight is 419 g/mol. The van der Waals surface area contributed by atoms with E-state index in [1.807, 2.05) is 13.8 Å². The molecule has 3 heteroatoms.